The minimum absolute atomic E-state index is 0. The summed E-state index contributed by atoms with van der Waals surface area (Å²) >= 11 is 1.12. The van der Waals surface area contributed by atoms with E-state index in [0.717, 1.165) is 33.6 Å². The molecule has 2 radical (unpaired) electrons. The van der Waals surface area contributed by atoms with Gasteiger partial charge in [-0.25, -0.2) is 4.79 Å². The Kier molecular flexibility index (Phi) is 24.3. The van der Waals surface area contributed by atoms with Crippen LogP contribution in [-0.4, -0.2) is 75.4 Å². The molecular formula is C59H64N2O4P2PtS+2. The standard InChI is InChI=1S/C35H26N.C12H6NO4S.2C6H15P.Pt/c1-6-25-21-28(13-11-26-15-18-30(19-16-26)36(4)5)23-29(22-25)14-12-27-17-20-32-31-9-7-8-10-33(31)35(2,3)34(32)24-27;1-2-8-10-11(17-4-3-16-10)9(18-8)5-7(6-13)12(14)15;2*1-4-7(5-2)6-3;/h7-10,15-24H,2-5H3;5H,3-4H2,(H,14,15);2*4-6H2,1-3H3;/p+2/b;7-5+;;;. The maximum Gasteiger partial charge on any atom is 0.350 e. The van der Waals surface area contributed by atoms with Crippen LogP contribution >= 0.6 is 27.2 Å². The minimum Gasteiger partial charge on any atom is -0.485 e. The normalized spacial score (nSPS) is 12.1. The molecule has 0 bridgehead atoms. The molecule has 2 heterocycles. The second-order valence-electron chi connectivity index (χ2n) is 16.4. The fraction of sp³-hybridized carbons (Fsp3) is 0.322. The minimum atomic E-state index is -1.25. The largest absolute Gasteiger partial charge is 0.485 e. The predicted octanol–water partition coefficient (Wildman–Crippen LogP) is 10.3. The van der Waals surface area contributed by atoms with E-state index in [9.17, 15) is 4.79 Å². The number of carbonyl (C=O) groups is 1. The SMILES string of the molecule is CCP(CC)CC.CCP(CC)CC.[C]#Cc1cc(C#Cc2ccc([NH+](C)C)cc2)cc(C#Cc2ccc3c(c2)C(C)(C)c2ccccc2-3)c1.[C]#Cc1sc(/C=C(\C#[NH+])C(=O)O)c2c1OCCO2.[Pt]. The van der Waals surface area contributed by atoms with E-state index in [1.54, 1.807) is 0 Å². The number of ether oxygens (including phenoxy) is 2. The summed E-state index contributed by atoms with van der Waals surface area (Å²) in [7, 11) is 5.10. The summed E-state index contributed by atoms with van der Waals surface area (Å²) in [5, 5.41) is 15.7. The van der Waals surface area contributed by atoms with Gasteiger partial charge in [-0.2, -0.15) is 0 Å². The van der Waals surface area contributed by atoms with Crippen LogP contribution in [0.1, 0.15) is 104 Å². The van der Waals surface area contributed by atoms with Crippen molar-refractivity contribution in [1.29, 1.82) is 0 Å². The Labute approximate surface area is 434 Å². The number of hydrogen-bond donors (Lipinski definition) is 3. The first kappa shape index (κ1) is 57.9. The number of hydrogen-bond acceptors (Lipinski definition) is 4. The average molecular weight is 1150 g/mol. The van der Waals surface area contributed by atoms with E-state index in [1.807, 2.05) is 36.4 Å². The Morgan fingerprint density at radius 3 is 1.68 bits per heavy atom. The quantitative estimate of drug-likeness (QED) is 0.0595. The molecule has 358 valence electrons. The van der Waals surface area contributed by atoms with Crippen molar-refractivity contribution < 1.29 is 50.6 Å². The first-order valence-electron chi connectivity index (χ1n) is 23.2. The van der Waals surface area contributed by atoms with Crippen molar-refractivity contribution in [3.63, 3.8) is 0 Å². The van der Waals surface area contributed by atoms with Gasteiger partial charge in [0.1, 0.15) is 23.8 Å². The molecule has 5 aromatic rings. The molecule has 0 amide bonds. The number of benzene rings is 4. The van der Waals surface area contributed by atoms with Crippen LogP contribution in [0.15, 0.2) is 90.5 Å². The van der Waals surface area contributed by atoms with Crippen LogP contribution in [0.5, 0.6) is 11.5 Å². The monoisotopic (exact) mass is 1150 g/mol. The first-order chi connectivity index (χ1) is 32.7. The molecule has 0 saturated heterocycles. The zero-order chi connectivity index (χ0) is 49.8. The molecule has 7 rings (SSSR count). The molecule has 0 atom stereocenters. The number of carboxylic acids is 1. The van der Waals surface area contributed by atoms with Crippen molar-refractivity contribution in [1.82, 2.24) is 0 Å². The van der Waals surface area contributed by atoms with E-state index < -0.39 is 5.97 Å². The molecule has 1 aliphatic carbocycles. The van der Waals surface area contributed by atoms with Crippen molar-refractivity contribution in [2.24, 2.45) is 0 Å². The fourth-order valence-electron chi connectivity index (χ4n) is 7.58. The van der Waals surface area contributed by atoms with Crippen molar-refractivity contribution in [2.75, 3.05) is 64.3 Å². The smallest absolute Gasteiger partial charge is 0.350 e. The van der Waals surface area contributed by atoms with Gasteiger partial charge in [0.05, 0.1) is 19.0 Å². The van der Waals surface area contributed by atoms with E-state index in [0.29, 0.717) is 55.9 Å². The van der Waals surface area contributed by atoms with Gasteiger partial charge in [0.25, 0.3) is 0 Å². The molecule has 4 aromatic carbocycles. The maximum atomic E-state index is 10.8. The molecule has 0 unspecified atom stereocenters. The van der Waals surface area contributed by atoms with Gasteiger partial charge in [-0.15, -0.1) is 27.2 Å². The average Bonchev–Trinajstić information content (AvgIpc) is 3.83. The van der Waals surface area contributed by atoms with Crippen LogP contribution in [-0.2, 0) is 31.3 Å². The molecule has 0 fully saturated rings. The Morgan fingerprint density at radius 1 is 0.696 bits per heavy atom. The Hall–Kier alpha value is -5.37. The number of thiophene rings is 1. The fourth-order valence-corrected chi connectivity index (χ4v) is 11.2. The first-order valence-corrected chi connectivity index (χ1v) is 27.8. The summed E-state index contributed by atoms with van der Waals surface area (Å²) in [5.41, 5.74) is 10.4. The molecule has 3 N–H and O–H groups in total. The molecule has 0 saturated carbocycles. The number of nitrogens with one attached hydrogen (secondary N) is 2. The number of quaternary nitrogens is 1. The van der Waals surface area contributed by atoms with Crippen molar-refractivity contribution in [3.8, 4) is 64.2 Å². The summed E-state index contributed by atoms with van der Waals surface area (Å²) in [6, 6.07) is 31.0. The number of rotatable bonds is 9. The molecule has 6 nitrogen and oxygen atoms in total. The third-order valence-corrected chi connectivity index (χ3v) is 18.1. The second kappa shape index (κ2) is 29.0. The van der Waals surface area contributed by atoms with Crippen LogP contribution in [0, 0.1) is 54.4 Å². The zero-order valence-electron chi connectivity index (χ0n) is 41.6. The predicted molar refractivity (Wildman–Crippen MR) is 287 cm³/mol. The van der Waals surface area contributed by atoms with Gasteiger partial charge < -0.3 is 19.5 Å². The third-order valence-electron chi connectivity index (χ3n) is 11.7. The summed E-state index contributed by atoms with van der Waals surface area (Å²) in [5.74, 6) is 17.3. The van der Waals surface area contributed by atoms with Crippen LogP contribution in [0.2, 0.25) is 0 Å². The van der Waals surface area contributed by atoms with Crippen LogP contribution in [0.4, 0.5) is 5.69 Å². The van der Waals surface area contributed by atoms with Gasteiger partial charge in [0, 0.05) is 66.4 Å². The molecule has 1 aromatic heterocycles. The molecule has 1 aliphatic heterocycles. The van der Waals surface area contributed by atoms with Crippen molar-refractivity contribution in [2.45, 2.75) is 60.8 Å². The van der Waals surface area contributed by atoms with E-state index in [1.165, 1.54) is 75.9 Å². The number of fused-ring (bicyclic) bond motifs is 4. The molecule has 2 aliphatic rings. The Morgan fingerprint density at radius 2 is 1.19 bits per heavy atom. The van der Waals surface area contributed by atoms with Gasteiger partial charge in [-0.1, -0.05) is 121 Å². The van der Waals surface area contributed by atoms with Gasteiger partial charge in [0.15, 0.2) is 17.1 Å². The molecular weight excluding hydrogens is 1090 g/mol. The van der Waals surface area contributed by atoms with Gasteiger partial charge in [-0.05, 0) is 127 Å². The van der Waals surface area contributed by atoms with Crippen molar-refractivity contribution in [3.05, 3.63) is 152 Å². The number of aliphatic carboxylic acids is 1. The van der Waals surface area contributed by atoms with Crippen LogP contribution < -0.4 is 19.6 Å². The number of carboxylic acid groups (broad SMARTS) is 1. The Balaban J connectivity index is 0.000000316. The van der Waals surface area contributed by atoms with Crippen LogP contribution in [0.3, 0.4) is 0 Å². The van der Waals surface area contributed by atoms with Gasteiger partial charge >= 0.3 is 12.0 Å². The molecule has 69 heavy (non-hydrogen) atoms. The van der Waals surface area contributed by atoms with E-state index >= 15 is 0 Å². The molecule has 0 spiro atoms. The summed E-state index contributed by atoms with van der Waals surface area (Å²) in [6.07, 6.45) is 24.6. The topological polar surface area (TPSA) is 84.0 Å². The summed E-state index contributed by atoms with van der Waals surface area (Å²) in [6.45, 7) is 19.0. The Bertz CT molecular complexity index is 2790. The second-order valence-corrected chi connectivity index (χ2v) is 24.0. The van der Waals surface area contributed by atoms with E-state index in [2.05, 4.69) is 160 Å². The maximum absolute atomic E-state index is 10.8. The third kappa shape index (κ3) is 16.1. The summed E-state index contributed by atoms with van der Waals surface area (Å²) in [4.78, 5) is 13.0. The molecule has 10 heteroatoms. The van der Waals surface area contributed by atoms with Gasteiger partial charge in [0.2, 0.25) is 0 Å². The van der Waals surface area contributed by atoms with E-state index in [-0.39, 0.29) is 32.1 Å². The van der Waals surface area contributed by atoms with E-state index in [4.69, 9.17) is 32.7 Å². The zero-order valence-corrected chi connectivity index (χ0v) is 46.5. The van der Waals surface area contributed by atoms with Crippen molar-refractivity contribution >= 4 is 44.9 Å². The summed E-state index contributed by atoms with van der Waals surface area (Å²) < 4.78 is 10.8. The van der Waals surface area contributed by atoms with Crippen LogP contribution in [0.25, 0.3) is 17.2 Å². The van der Waals surface area contributed by atoms with Gasteiger partial charge in [-0.3, -0.25) is 0 Å².